The van der Waals surface area contributed by atoms with Gasteiger partial charge in [0.15, 0.2) is 12.2 Å². The lowest BCUT2D eigenvalue weighted by Crippen LogP contribution is -2.30. The van der Waals surface area contributed by atoms with Gasteiger partial charge in [-0.3, -0.25) is 37.3 Å². The summed E-state index contributed by atoms with van der Waals surface area (Å²) >= 11 is 0. The van der Waals surface area contributed by atoms with E-state index >= 15 is 0 Å². The maximum Gasteiger partial charge on any atom is 0.472 e. The fraction of sp³-hybridized carbons (Fsp3) is 0.952. The van der Waals surface area contributed by atoms with Gasteiger partial charge in [-0.1, -0.05) is 394 Å². The van der Waals surface area contributed by atoms with Crippen molar-refractivity contribution in [2.45, 2.75) is 464 Å². The van der Waals surface area contributed by atoms with E-state index in [1.165, 1.54) is 270 Å². The minimum atomic E-state index is -4.96. The molecule has 0 saturated carbocycles. The quantitative estimate of drug-likeness (QED) is 0.0222. The van der Waals surface area contributed by atoms with Crippen LogP contribution in [0.15, 0.2) is 0 Å². The van der Waals surface area contributed by atoms with Crippen molar-refractivity contribution in [3.63, 3.8) is 0 Å². The van der Waals surface area contributed by atoms with E-state index in [9.17, 15) is 43.2 Å². The van der Waals surface area contributed by atoms with Gasteiger partial charge in [0.05, 0.1) is 26.4 Å². The molecule has 19 heteroatoms. The lowest BCUT2D eigenvalue weighted by molar-refractivity contribution is -0.161. The fourth-order valence-electron chi connectivity index (χ4n) is 12.9. The number of aliphatic hydroxyl groups excluding tert-OH is 1. The highest BCUT2D eigenvalue weighted by atomic mass is 31.2. The van der Waals surface area contributed by atoms with E-state index in [1.54, 1.807) is 0 Å². The molecule has 0 amide bonds. The van der Waals surface area contributed by atoms with Gasteiger partial charge in [0, 0.05) is 25.7 Å². The maximum atomic E-state index is 13.1. The van der Waals surface area contributed by atoms with E-state index in [4.69, 9.17) is 37.0 Å². The molecule has 0 saturated heterocycles. The van der Waals surface area contributed by atoms with Crippen molar-refractivity contribution in [1.82, 2.24) is 0 Å². The minimum absolute atomic E-state index is 0.107. The van der Waals surface area contributed by atoms with E-state index < -0.39 is 97.5 Å². The van der Waals surface area contributed by atoms with Gasteiger partial charge >= 0.3 is 39.5 Å². The largest absolute Gasteiger partial charge is 0.472 e. The van der Waals surface area contributed by atoms with Crippen LogP contribution < -0.4 is 0 Å². The van der Waals surface area contributed by atoms with E-state index in [0.717, 1.165) is 95.8 Å². The van der Waals surface area contributed by atoms with E-state index in [-0.39, 0.29) is 25.7 Å². The van der Waals surface area contributed by atoms with Gasteiger partial charge in [-0.25, -0.2) is 9.13 Å². The number of rotatable bonds is 83. The molecular weight excluding hydrogens is 1330 g/mol. The number of phosphoric acid groups is 2. The average Bonchev–Trinajstić information content (AvgIpc) is 0.913. The third-order valence-corrected chi connectivity index (χ3v) is 21.4. The molecule has 102 heavy (non-hydrogen) atoms. The molecule has 0 aliphatic carbocycles. The van der Waals surface area contributed by atoms with Crippen LogP contribution in [0.3, 0.4) is 0 Å². The summed E-state index contributed by atoms with van der Waals surface area (Å²) in [4.78, 5) is 73.0. The van der Waals surface area contributed by atoms with Crippen molar-refractivity contribution < 1.29 is 80.2 Å². The number of unbranched alkanes of at least 4 members (excludes halogenated alkanes) is 55. The maximum absolute atomic E-state index is 13.1. The number of hydrogen-bond acceptors (Lipinski definition) is 15. The first-order valence-electron chi connectivity index (χ1n) is 43.1. The normalized spacial score (nSPS) is 13.8. The Hall–Kier alpha value is -1.94. The summed E-state index contributed by atoms with van der Waals surface area (Å²) in [7, 11) is -9.92. The molecule has 17 nitrogen and oxygen atoms in total. The molecule has 0 aliphatic rings. The Morgan fingerprint density at radius 1 is 0.265 bits per heavy atom. The highest BCUT2D eigenvalue weighted by Gasteiger charge is 2.30. The van der Waals surface area contributed by atoms with Crippen molar-refractivity contribution >= 4 is 39.5 Å². The number of phosphoric ester groups is 2. The van der Waals surface area contributed by atoms with Gasteiger partial charge in [0.2, 0.25) is 0 Å². The first-order valence-corrected chi connectivity index (χ1v) is 46.1. The molecule has 5 atom stereocenters. The second-order valence-electron chi connectivity index (χ2n) is 30.3. The Kier molecular flexibility index (Phi) is 74.4. The summed E-state index contributed by atoms with van der Waals surface area (Å²) in [5.41, 5.74) is 0. The zero-order valence-electron chi connectivity index (χ0n) is 66.8. The summed E-state index contributed by atoms with van der Waals surface area (Å²) in [5.74, 6) is -1.33. The average molecular weight is 1490 g/mol. The summed E-state index contributed by atoms with van der Waals surface area (Å²) < 4.78 is 68.7. The Labute approximate surface area is 626 Å². The first-order chi connectivity index (χ1) is 49.5. The van der Waals surface area contributed by atoms with Crippen molar-refractivity contribution in [2.75, 3.05) is 39.6 Å². The minimum Gasteiger partial charge on any atom is -0.462 e. The molecule has 0 spiro atoms. The second kappa shape index (κ2) is 75.9. The number of carbonyl (C=O) groups excluding carboxylic acids is 4. The van der Waals surface area contributed by atoms with Crippen LogP contribution >= 0.6 is 15.6 Å². The Morgan fingerprint density at radius 2 is 0.451 bits per heavy atom. The molecule has 0 aliphatic heterocycles. The number of aliphatic hydroxyl groups is 1. The Bertz CT molecular complexity index is 1940. The second-order valence-corrected chi connectivity index (χ2v) is 33.3. The molecule has 0 aromatic heterocycles. The molecule has 606 valence electrons. The van der Waals surface area contributed by atoms with Crippen LogP contribution in [0, 0.1) is 5.92 Å². The van der Waals surface area contributed by atoms with Crippen LogP contribution in [-0.2, 0) is 65.4 Å². The van der Waals surface area contributed by atoms with Crippen molar-refractivity contribution in [3.05, 3.63) is 0 Å². The van der Waals surface area contributed by atoms with Crippen molar-refractivity contribution in [2.24, 2.45) is 5.92 Å². The third-order valence-electron chi connectivity index (χ3n) is 19.5. The van der Waals surface area contributed by atoms with Gasteiger partial charge in [0.25, 0.3) is 0 Å². The smallest absolute Gasteiger partial charge is 0.462 e. The van der Waals surface area contributed by atoms with Crippen molar-refractivity contribution in [3.8, 4) is 0 Å². The highest BCUT2D eigenvalue weighted by Crippen LogP contribution is 2.45. The van der Waals surface area contributed by atoms with Crippen LogP contribution in [0.4, 0.5) is 0 Å². The lowest BCUT2D eigenvalue weighted by Gasteiger charge is -2.21. The number of esters is 4. The molecular formula is C83H162O17P2. The molecule has 0 aromatic rings. The molecule has 0 radical (unpaired) electrons. The van der Waals surface area contributed by atoms with Gasteiger partial charge in [-0.15, -0.1) is 0 Å². The molecule has 0 aromatic carbocycles. The van der Waals surface area contributed by atoms with Crippen LogP contribution in [0.1, 0.15) is 446 Å². The predicted molar refractivity (Wildman–Crippen MR) is 418 cm³/mol. The third kappa shape index (κ3) is 76.3. The van der Waals surface area contributed by atoms with Gasteiger partial charge in [-0.2, -0.15) is 0 Å². The summed E-state index contributed by atoms with van der Waals surface area (Å²) in [6.07, 6.45) is 68.1. The van der Waals surface area contributed by atoms with Gasteiger partial charge < -0.3 is 33.8 Å². The Balaban J connectivity index is 5.21. The molecule has 0 bridgehead atoms. The number of hydrogen-bond donors (Lipinski definition) is 3. The SMILES string of the molecule is CCCCCCCCCCCCCCCCCCCCCCCC(=O)O[C@H](COC(=O)CCCCCCCCCCCCCCCCCCC)COP(=O)(O)OC[C@@H](O)COP(=O)(O)OC[C@@H](COC(=O)CCCCCCCCCCC)OC(=O)CCCCCCCCCCCCCCC(C)C. The number of ether oxygens (including phenoxy) is 4. The van der Waals surface area contributed by atoms with Gasteiger partial charge in [-0.05, 0) is 31.6 Å². The van der Waals surface area contributed by atoms with E-state index in [0.29, 0.717) is 25.7 Å². The zero-order chi connectivity index (χ0) is 74.8. The molecule has 0 rings (SSSR count). The Morgan fingerprint density at radius 3 is 0.667 bits per heavy atom. The lowest BCUT2D eigenvalue weighted by atomic mass is 10.0. The molecule has 0 heterocycles. The topological polar surface area (TPSA) is 237 Å². The van der Waals surface area contributed by atoms with Gasteiger partial charge in [0.1, 0.15) is 19.3 Å². The van der Waals surface area contributed by atoms with Crippen molar-refractivity contribution in [1.29, 1.82) is 0 Å². The van der Waals surface area contributed by atoms with Crippen LogP contribution in [-0.4, -0.2) is 96.7 Å². The molecule has 2 unspecified atom stereocenters. The molecule has 3 N–H and O–H groups in total. The van der Waals surface area contributed by atoms with E-state index in [1.807, 2.05) is 0 Å². The fourth-order valence-corrected chi connectivity index (χ4v) is 14.5. The van der Waals surface area contributed by atoms with Crippen LogP contribution in [0.5, 0.6) is 0 Å². The number of carbonyl (C=O) groups is 4. The van der Waals surface area contributed by atoms with Crippen LogP contribution in [0.25, 0.3) is 0 Å². The summed E-state index contributed by atoms with van der Waals surface area (Å²) in [6.45, 7) is 7.34. The standard InChI is InChI=1S/C83H162O17P2/c1-6-9-12-15-18-21-23-25-27-29-30-31-32-34-36-38-43-48-53-58-63-68-82(87)100-79(73-94-81(86)67-62-57-52-47-42-37-35-33-28-26-24-22-19-16-13-10-7-2)75-98-102(91,92)96-71-77(84)70-95-101(89,90)97-74-78(72-93-80(85)66-61-56-51-45-20-17-14-11-8-3)99-83(88)69-64-59-54-49-44-40-39-41-46-50-55-60-65-76(4)5/h76-79,84H,6-75H2,1-5H3,(H,89,90)(H,91,92)/t77-,78+,79+/m0/s1. The zero-order valence-corrected chi connectivity index (χ0v) is 68.5. The van der Waals surface area contributed by atoms with Crippen LogP contribution in [0.2, 0.25) is 0 Å². The highest BCUT2D eigenvalue weighted by molar-refractivity contribution is 7.47. The summed E-state index contributed by atoms with van der Waals surface area (Å²) in [6, 6.07) is 0. The molecule has 0 fully saturated rings. The van der Waals surface area contributed by atoms with E-state index in [2.05, 4.69) is 34.6 Å². The predicted octanol–water partition coefficient (Wildman–Crippen LogP) is 25.2. The first kappa shape index (κ1) is 100. The monoisotopic (exact) mass is 1490 g/mol. The summed E-state index contributed by atoms with van der Waals surface area (Å²) in [5, 5.41) is 10.6.